The summed E-state index contributed by atoms with van der Waals surface area (Å²) in [5.74, 6) is 0.290. The van der Waals surface area contributed by atoms with Gasteiger partial charge in [-0.3, -0.25) is 4.79 Å². The molecule has 0 saturated heterocycles. The molecule has 1 aliphatic carbocycles. The van der Waals surface area contributed by atoms with E-state index < -0.39 is 6.61 Å². The highest BCUT2D eigenvalue weighted by molar-refractivity contribution is 5.82. The second kappa shape index (κ2) is 6.41. The third-order valence-electron chi connectivity index (χ3n) is 4.14. The largest absolute Gasteiger partial charge is 0.435 e. The highest BCUT2D eigenvalue weighted by atomic mass is 19.3. The molecule has 5 heteroatoms. The van der Waals surface area contributed by atoms with Crippen molar-refractivity contribution in [2.45, 2.75) is 45.8 Å². The van der Waals surface area contributed by atoms with E-state index in [9.17, 15) is 13.6 Å². The number of hydrogen-bond acceptors (Lipinski definition) is 2. The molecule has 1 fully saturated rings. The number of ether oxygens (including phenoxy) is 1. The van der Waals surface area contributed by atoms with E-state index in [2.05, 4.69) is 4.74 Å². The predicted octanol–water partition coefficient (Wildman–Crippen LogP) is 3.83. The van der Waals surface area contributed by atoms with Gasteiger partial charge in [-0.25, -0.2) is 0 Å². The van der Waals surface area contributed by atoms with Crippen LogP contribution in [0.4, 0.5) is 8.78 Å². The lowest BCUT2D eigenvalue weighted by Crippen LogP contribution is -2.38. The van der Waals surface area contributed by atoms with Gasteiger partial charge in [0.1, 0.15) is 5.75 Å². The molecule has 1 aliphatic rings. The summed E-state index contributed by atoms with van der Waals surface area (Å²) in [6.45, 7) is -0.315. The van der Waals surface area contributed by atoms with E-state index in [1.54, 1.807) is 24.1 Å². The van der Waals surface area contributed by atoms with Crippen LogP contribution in [0.1, 0.15) is 38.2 Å². The molecular weight excluding hydrogens is 276 g/mol. The zero-order valence-electron chi connectivity index (χ0n) is 12.4. The van der Waals surface area contributed by atoms with E-state index >= 15 is 0 Å². The molecule has 1 aromatic carbocycles. The lowest BCUT2D eigenvalue weighted by Gasteiger charge is -2.29. The van der Waals surface area contributed by atoms with Crippen LogP contribution in [0.25, 0.3) is 0 Å². The van der Waals surface area contributed by atoms with Gasteiger partial charge in [0.2, 0.25) is 5.91 Å². The van der Waals surface area contributed by atoms with E-state index in [0.717, 1.165) is 31.2 Å². The maximum absolute atomic E-state index is 12.5. The average Bonchev–Trinajstić information content (AvgIpc) is 2.87. The number of benzene rings is 1. The summed E-state index contributed by atoms with van der Waals surface area (Å²) in [5.41, 5.74) is 0.655. The van der Waals surface area contributed by atoms with Crippen LogP contribution in [0, 0.1) is 5.41 Å². The van der Waals surface area contributed by atoms with Crippen molar-refractivity contribution in [1.82, 2.24) is 4.90 Å². The Bertz CT molecular complexity index is 482. The van der Waals surface area contributed by atoms with Crippen LogP contribution in [0.2, 0.25) is 0 Å². The normalized spacial score (nSPS) is 17.0. The minimum Gasteiger partial charge on any atom is -0.435 e. The van der Waals surface area contributed by atoms with Crippen molar-refractivity contribution in [3.63, 3.8) is 0 Å². The van der Waals surface area contributed by atoms with Gasteiger partial charge in [0.25, 0.3) is 0 Å². The SMILES string of the molecule is CN(Cc1ccc(OC(F)F)cc1)C(=O)C1(C)CCCC1. The lowest BCUT2D eigenvalue weighted by molar-refractivity contribution is -0.140. The number of carbonyl (C=O) groups excluding carboxylic acids is 1. The van der Waals surface area contributed by atoms with E-state index in [-0.39, 0.29) is 17.1 Å². The van der Waals surface area contributed by atoms with Crippen LogP contribution in [-0.4, -0.2) is 24.5 Å². The molecule has 0 atom stereocenters. The van der Waals surface area contributed by atoms with Gasteiger partial charge >= 0.3 is 6.61 Å². The predicted molar refractivity (Wildman–Crippen MR) is 76.1 cm³/mol. The highest BCUT2D eigenvalue weighted by Crippen LogP contribution is 2.39. The molecule has 1 aromatic rings. The third-order valence-corrected chi connectivity index (χ3v) is 4.14. The number of amides is 1. The molecule has 0 spiro atoms. The van der Waals surface area contributed by atoms with Gasteiger partial charge in [-0.1, -0.05) is 31.9 Å². The van der Waals surface area contributed by atoms with Crippen LogP contribution in [0.15, 0.2) is 24.3 Å². The Morgan fingerprint density at radius 3 is 2.38 bits per heavy atom. The van der Waals surface area contributed by atoms with Crippen LogP contribution in [0.5, 0.6) is 5.75 Å². The number of carbonyl (C=O) groups is 1. The molecule has 0 bridgehead atoms. The molecule has 0 radical (unpaired) electrons. The zero-order valence-corrected chi connectivity index (χ0v) is 12.4. The number of nitrogens with zero attached hydrogens (tertiary/aromatic N) is 1. The van der Waals surface area contributed by atoms with Crippen molar-refractivity contribution in [2.24, 2.45) is 5.41 Å². The van der Waals surface area contributed by atoms with Crippen molar-refractivity contribution in [3.05, 3.63) is 29.8 Å². The standard InChI is InChI=1S/C16H21F2NO2/c1-16(9-3-4-10-16)14(20)19(2)11-12-5-7-13(8-6-12)21-15(17)18/h5-8,15H,3-4,9-11H2,1-2H3. The first-order valence-corrected chi connectivity index (χ1v) is 7.20. The van der Waals surface area contributed by atoms with E-state index in [1.165, 1.54) is 12.1 Å². The lowest BCUT2D eigenvalue weighted by atomic mass is 9.87. The first kappa shape index (κ1) is 15.7. The van der Waals surface area contributed by atoms with Gasteiger partial charge in [-0.15, -0.1) is 0 Å². The molecule has 0 aliphatic heterocycles. The van der Waals surface area contributed by atoms with Gasteiger partial charge in [-0.05, 0) is 30.5 Å². The van der Waals surface area contributed by atoms with Gasteiger partial charge in [0.05, 0.1) is 0 Å². The van der Waals surface area contributed by atoms with Crippen molar-refractivity contribution in [1.29, 1.82) is 0 Å². The molecule has 1 amide bonds. The maximum Gasteiger partial charge on any atom is 0.387 e. The summed E-state index contributed by atoms with van der Waals surface area (Å²) in [7, 11) is 1.79. The van der Waals surface area contributed by atoms with E-state index in [0.29, 0.717) is 6.54 Å². The molecule has 0 N–H and O–H groups in total. The molecular formula is C16H21F2NO2. The van der Waals surface area contributed by atoms with Gasteiger partial charge in [0.15, 0.2) is 0 Å². The third kappa shape index (κ3) is 3.93. The summed E-state index contributed by atoms with van der Waals surface area (Å²) in [5, 5.41) is 0. The Labute approximate surface area is 123 Å². The Morgan fingerprint density at radius 1 is 1.29 bits per heavy atom. The van der Waals surface area contributed by atoms with Crippen LogP contribution in [-0.2, 0) is 11.3 Å². The molecule has 21 heavy (non-hydrogen) atoms. The van der Waals surface area contributed by atoms with Gasteiger partial charge in [0, 0.05) is 19.0 Å². The fourth-order valence-electron chi connectivity index (χ4n) is 2.95. The summed E-state index contributed by atoms with van der Waals surface area (Å²) in [4.78, 5) is 14.2. The Hall–Kier alpha value is -1.65. The average molecular weight is 297 g/mol. The highest BCUT2D eigenvalue weighted by Gasteiger charge is 2.37. The molecule has 2 rings (SSSR count). The smallest absolute Gasteiger partial charge is 0.387 e. The summed E-state index contributed by atoms with van der Waals surface area (Å²) in [6, 6.07) is 6.41. The Balaban J connectivity index is 1.96. The first-order chi connectivity index (χ1) is 9.90. The van der Waals surface area contributed by atoms with E-state index in [4.69, 9.17) is 0 Å². The first-order valence-electron chi connectivity index (χ1n) is 7.20. The summed E-state index contributed by atoms with van der Waals surface area (Å²) >= 11 is 0. The van der Waals surface area contributed by atoms with Crippen molar-refractivity contribution in [3.8, 4) is 5.75 Å². The Kier molecular flexibility index (Phi) is 4.80. The minimum atomic E-state index is -2.82. The quantitative estimate of drug-likeness (QED) is 0.826. The monoisotopic (exact) mass is 297 g/mol. The molecule has 0 heterocycles. The number of halogens is 2. The van der Waals surface area contributed by atoms with Gasteiger partial charge < -0.3 is 9.64 Å². The maximum atomic E-state index is 12.5. The Morgan fingerprint density at radius 2 is 1.86 bits per heavy atom. The number of alkyl halides is 2. The van der Waals surface area contributed by atoms with Crippen LogP contribution in [0.3, 0.4) is 0 Å². The molecule has 0 aromatic heterocycles. The van der Waals surface area contributed by atoms with E-state index in [1.807, 2.05) is 6.92 Å². The molecule has 0 unspecified atom stereocenters. The second-order valence-electron chi connectivity index (χ2n) is 5.95. The second-order valence-corrected chi connectivity index (χ2v) is 5.95. The van der Waals surface area contributed by atoms with Crippen molar-refractivity contribution >= 4 is 5.91 Å². The summed E-state index contributed by atoms with van der Waals surface area (Å²) < 4.78 is 28.5. The topological polar surface area (TPSA) is 29.5 Å². The molecule has 3 nitrogen and oxygen atoms in total. The fourth-order valence-corrected chi connectivity index (χ4v) is 2.95. The minimum absolute atomic E-state index is 0.130. The number of hydrogen-bond donors (Lipinski definition) is 0. The van der Waals surface area contributed by atoms with Crippen LogP contribution < -0.4 is 4.74 Å². The van der Waals surface area contributed by atoms with Crippen molar-refractivity contribution < 1.29 is 18.3 Å². The number of rotatable bonds is 5. The summed E-state index contributed by atoms with van der Waals surface area (Å²) in [6.07, 6.45) is 4.10. The van der Waals surface area contributed by atoms with Gasteiger partial charge in [-0.2, -0.15) is 8.78 Å². The molecule has 116 valence electrons. The van der Waals surface area contributed by atoms with Crippen molar-refractivity contribution in [2.75, 3.05) is 7.05 Å². The fraction of sp³-hybridized carbons (Fsp3) is 0.562. The van der Waals surface area contributed by atoms with Crippen LogP contribution >= 0.6 is 0 Å². The zero-order chi connectivity index (χ0) is 15.5. The molecule has 1 saturated carbocycles.